The molecule has 2 aromatic rings. The summed E-state index contributed by atoms with van der Waals surface area (Å²) < 4.78 is 1.37. The van der Waals surface area contributed by atoms with Crippen molar-refractivity contribution in [3.63, 3.8) is 0 Å². The van der Waals surface area contributed by atoms with Gasteiger partial charge in [-0.1, -0.05) is 19.1 Å². The molecular formula is C9H12N6O. The maximum Gasteiger partial charge on any atom is 0.297 e. The van der Waals surface area contributed by atoms with Crippen molar-refractivity contribution in [1.29, 1.82) is 0 Å². The highest BCUT2D eigenvalue weighted by Crippen LogP contribution is 1.99. The fourth-order valence-electron chi connectivity index (χ4n) is 1.35. The summed E-state index contributed by atoms with van der Waals surface area (Å²) in [6.45, 7) is 2.04. The van der Waals surface area contributed by atoms with E-state index in [1.807, 2.05) is 19.1 Å². The molecule has 0 unspecified atom stereocenters. The van der Waals surface area contributed by atoms with Crippen LogP contribution in [0.3, 0.4) is 0 Å². The molecule has 0 aliphatic carbocycles. The quantitative estimate of drug-likeness (QED) is 0.703. The first-order chi connectivity index (χ1) is 7.72. The number of nitrogens with zero attached hydrogens (tertiary/aromatic N) is 4. The molecule has 0 amide bonds. The van der Waals surface area contributed by atoms with Crippen LogP contribution in [0.2, 0.25) is 0 Å². The third kappa shape index (κ3) is 1.79. The number of aromatic nitrogens is 5. The predicted molar refractivity (Wildman–Crippen MR) is 59.0 cm³/mol. The van der Waals surface area contributed by atoms with Crippen LogP contribution in [0.15, 0.2) is 16.9 Å². The van der Waals surface area contributed by atoms with Gasteiger partial charge >= 0.3 is 0 Å². The summed E-state index contributed by atoms with van der Waals surface area (Å²) in [5.41, 5.74) is 5.22. The molecule has 0 aliphatic heterocycles. The van der Waals surface area contributed by atoms with Crippen molar-refractivity contribution in [2.75, 3.05) is 5.73 Å². The average Bonchev–Trinajstić information content (AvgIpc) is 2.62. The number of allylic oxidation sites excluding steroid dienone is 2. The van der Waals surface area contributed by atoms with Gasteiger partial charge < -0.3 is 5.73 Å². The third-order valence-electron chi connectivity index (χ3n) is 2.06. The Morgan fingerprint density at radius 3 is 3.00 bits per heavy atom. The van der Waals surface area contributed by atoms with Crippen LogP contribution in [0.5, 0.6) is 0 Å². The second-order valence-corrected chi connectivity index (χ2v) is 3.27. The van der Waals surface area contributed by atoms with Crippen LogP contribution < -0.4 is 11.3 Å². The molecule has 2 aromatic heterocycles. The van der Waals surface area contributed by atoms with E-state index in [4.69, 9.17) is 5.73 Å². The van der Waals surface area contributed by atoms with Crippen molar-refractivity contribution in [2.24, 2.45) is 0 Å². The van der Waals surface area contributed by atoms with Gasteiger partial charge in [0.05, 0.1) is 0 Å². The lowest BCUT2D eigenvalue weighted by Crippen LogP contribution is -2.16. The van der Waals surface area contributed by atoms with E-state index < -0.39 is 0 Å². The maximum atomic E-state index is 11.4. The number of hydrogen-bond acceptors (Lipinski definition) is 5. The van der Waals surface area contributed by atoms with Crippen LogP contribution >= 0.6 is 0 Å². The summed E-state index contributed by atoms with van der Waals surface area (Å²) in [7, 11) is 0. The number of nitrogens with two attached hydrogens (primary N) is 1. The number of aromatic amines is 1. The van der Waals surface area contributed by atoms with Crippen LogP contribution in [0.1, 0.15) is 19.2 Å². The fourth-order valence-corrected chi connectivity index (χ4v) is 1.35. The average molecular weight is 220 g/mol. The zero-order valence-electron chi connectivity index (χ0n) is 8.84. The highest BCUT2D eigenvalue weighted by Gasteiger charge is 2.08. The van der Waals surface area contributed by atoms with Gasteiger partial charge in [-0.25, -0.2) is 0 Å². The van der Waals surface area contributed by atoms with Crippen LogP contribution in [0.25, 0.3) is 5.65 Å². The van der Waals surface area contributed by atoms with Crippen molar-refractivity contribution < 1.29 is 0 Å². The van der Waals surface area contributed by atoms with Crippen molar-refractivity contribution in [1.82, 2.24) is 24.8 Å². The minimum absolute atomic E-state index is 0.0537. The number of anilines is 1. The number of nitrogen functional groups attached to an aromatic ring is 1. The van der Waals surface area contributed by atoms with E-state index in [0.29, 0.717) is 12.2 Å². The van der Waals surface area contributed by atoms with Crippen molar-refractivity contribution in [3.8, 4) is 0 Å². The topological polar surface area (TPSA) is 102 Å². The molecule has 0 spiro atoms. The lowest BCUT2D eigenvalue weighted by atomic mass is 10.3. The Morgan fingerprint density at radius 2 is 2.25 bits per heavy atom. The molecule has 0 aromatic carbocycles. The highest BCUT2D eigenvalue weighted by atomic mass is 16.1. The lowest BCUT2D eigenvalue weighted by Gasteiger charge is -1.96. The van der Waals surface area contributed by atoms with Crippen LogP contribution in [0, 0.1) is 0 Å². The zero-order valence-corrected chi connectivity index (χ0v) is 8.84. The van der Waals surface area contributed by atoms with Gasteiger partial charge in [0.1, 0.15) is 0 Å². The molecule has 84 valence electrons. The Morgan fingerprint density at radius 1 is 1.44 bits per heavy atom. The van der Waals surface area contributed by atoms with Gasteiger partial charge in [0.15, 0.2) is 5.82 Å². The minimum Gasteiger partial charge on any atom is -0.368 e. The summed E-state index contributed by atoms with van der Waals surface area (Å²) in [5, 5.41) is 11.6. The van der Waals surface area contributed by atoms with Gasteiger partial charge in [-0.2, -0.15) is 4.52 Å². The van der Waals surface area contributed by atoms with E-state index in [9.17, 15) is 4.79 Å². The van der Waals surface area contributed by atoms with E-state index >= 15 is 0 Å². The van der Waals surface area contributed by atoms with Gasteiger partial charge in [0.25, 0.3) is 5.56 Å². The molecule has 0 atom stereocenters. The maximum absolute atomic E-state index is 11.4. The molecule has 0 saturated carbocycles. The Labute approximate surface area is 91.0 Å². The number of fused-ring (bicyclic) bond motifs is 1. The van der Waals surface area contributed by atoms with E-state index in [-0.39, 0.29) is 17.2 Å². The molecule has 0 saturated heterocycles. The predicted octanol–water partition coefficient (Wildman–Crippen LogP) is -0.0965. The Kier molecular flexibility index (Phi) is 2.67. The minimum atomic E-state index is -0.384. The molecule has 0 radical (unpaired) electrons. The number of hydrogen-bond donors (Lipinski definition) is 2. The Balaban J connectivity index is 2.47. The standard InChI is InChI=1S/C9H12N6O/c1-2-3-4-5-6-12-13-7-8(16)11-9(10)14-15(6)7/h3-4H,2,5H2,1H3,(H3,10,11,14,16)/b4-3+. The van der Waals surface area contributed by atoms with Gasteiger partial charge in [-0.05, 0) is 6.42 Å². The summed E-state index contributed by atoms with van der Waals surface area (Å²) in [5.74, 6) is 0.649. The molecular weight excluding hydrogens is 208 g/mol. The highest BCUT2D eigenvalue weighted by molar-refractivity contribution is 5.35. The van der Waals surface area contributed by atoms with E-state index in [1.54, 1.807) is 0 Å². The van der Waals surface area contributed by atoms with E-state index in [2.05, 4.69) is 20.3 Å². The molecule has 7 heteroatoms. The van der Waals surface area contributed by atoms with E-state index in [1.165, 1.54) is 4.52 Å². The summed E-state index contributed by atoms with van der Waals surface area (Å²) in [4.78, 5) is 13.8. The smallest absolute Gasteiger partial charge is 0.297 e. The first-order valence-electron chi connectivity index (χ1n) is 4.97. The van der Waals surface area contributed by atoms with Crippen molar-refractivity contribution in [3.05, 3.63) is 28.3 Å². The molecule has 0 aliphatic rings. The number of rotatable bonds is 3. The van der Waals surface area contributed by atoms with Crippen LogP contribution in [-0.2, 0) is 6.42 Å². The monoisotopic (exact) mass is 220 g/mol. The second-order valence-electron chi connectivity index (χ2n) is 3.27. The SMILES string of the molecule is CC/C=C/Cc1nnc2c(=O)[nH]c(N)nn12. The third-order valence-corrected chi connectivity index (χ3v) is 2.06. The molecule has 16 heavy (non-hydrogen) atoms. The first kappa shape index (κ1) is 10.3. The van der Waals surface area contributed by atoms with Crippen molar-refractivity contribution in [2.45, 2.75) is 19.8 Å². The Hall–Kier alpha value is -2.18. The first-order valence-corrected chi connectivity index (χ1v) is 4.97. The van der Waals surface area contributed by atoms with Crippen LogP contribution in [0.4, 0.5) is 5.95 Å². The zero-order chi connectivity index (χ0) is 11.5. The number of nitrogens with one attached hydrogen (secondary N) is 1. The molecule has 2 heterocycles. The summed E-state index contributed by atoms with van der Waals surface area (Å²) in [6.07, 6.45) is 5.49. The van der Waals surface area contributed by atoms with Gasteiger partial charge in [-0.3, -0.25) is 9.78 Å². The molecule has 3 N–H and O–H groups in total. The van der Waals surface area contributed by atoms with Gasteiger partial charge in [0, 0.05) is 6.42 Å². The molecule has 0 fully saturated rings. The van der Waals surface area contributed by atoms with Gasteiger partial charge in [-0.15, -0.1) is 15.3 Å². The van der Waals surface area contributed by atoms with Gasteiger partial charge in [0.2, 0.25) is 11.6 Å². The molecule has 7 nitrogen and oxygen atoms in total. The van der Waals surface area contributed by atoms with E-state index in [0.717, 1.165) is 6.42 Å². The second kappa shape index (κ2) is 4.13. The summed E-state index contributed by atoms with van der Waals surface area (Å²) in [6, 6.07) is 0. The number of H-pyrrole nitrogens is 1. The Bertz CT molecular complexity index is 581. The largest absolute Gasteiger partial charge is 0.368 e. The van der Waals surface area contributed by atoms with Crippen LogP contribution in [-0.4, -0.2) is 24.8 Å². The normalized spacial score (nSPS) is 11.6. The molecule has 2 rings (SSSR count). The van der Waals surface area contributed by atoms with Crippen molar-refractivity contribution >= 4 is 11.6 Å². The fraction of sp³-hybridized carbons (Fsp3) is 0.333. The lowest BCUT2D eigenvalue weighted by molar-refractivity contribution is 0.830. The summed E-state index contributed by atoms with van der Waals surface area (Å²) >= 11 is 0. The molecule has 0 bridgehead atoms.